The number of carbonyl (C=O) groups excluding carboxylic acids is 3. The standard InChI is InChI=1S/C53H58N4O6S/c1-52(2)45(55(43-30-28-39-21-14-16-23-41(39)50(43)52)35-18-10-13-27-47(58)54-34-37-57-48(59)32-33-49(57)60)25-11-8-6-5-7-9-12-26-46-53(3,4)51-42-24-17-15-22-40(42)29-31-44(51)56(46)36-19-20-38-64(61,62)63/h5-9,11-12,14-17,21-26,28-33H,10,13,18-20,27,34-38H2,1-4H3,(H-,54,58,61,62,63). The van der Waals surface area contributed by atoms with Crippen molar-refractivity contribution in [3.05, 3.63) is 156 Å². The monoisotopic (exact) mass is 878 g/mol. The first-order valence-corrected chi connectivity index (χ1v) is 23.9. The van der Waals surface area contributed by atoms with Crippen LogP contribution in [-0.2, 0) is 35.3 Å². The Morgan fingerprint density at radius 2 is 1.31 bits per heavy atom. The number of anilines is 1. The highest BCUT2D eigenvalue weighted by Crippen LogP contribution is 2.51. The average molecular weight is 879 g/mol. The van der Waals surface area contributed by atoms with Gasteiger partial charge < -0.3 is 14.8 Å². The molecule has 4 aromatic rings. The molecule has 3 heterocycles. The Hall–Kier alpha value is -6.17. The first kappa shape index (κ1) is 45.8. The minimum atomic E-state index is -4.26. The van der Waals surface area contributed by atoms with Gasteiger partial charge in [-0.2, -0.15) is 4.58 Å². The lowest BCUT2D eigenvalue weighted by Crippen LogP contribution is -2.38. The number of nitrogens with zero attached hydrogens (tertiary/aromatic N) is 3. The van der Waals surface area contributed by atoms with Gasteiger partial charge in [-0.05, 0) is 84.8 Å². The molecule has 0 radical (unpaired) electrons. The van der Waals surface area contributed by atoms with Crippen LogP contribution in [0.1, 0.15) is 77.3 Å². The van der Waals surface area contributed by atoms with Crippen LogP contribution in [0.3, 0.4) is 0 Å². The zero-order chi connectivity index (χ0) is 45.5. The fraction of sp³-hybridized carbons (Fsp3) is 0.321. The third-order valence-corrected chi connectivity index (χ3v) is 13.3. The highest BCUT2D eigenvalue weighted by molar-refractivity contribution is 7.85. The van der Waals surface area contributed by atoms with Crippen molar-refractivity contribution in [1.82, 2.24) is 10.2 Å². The summed E-state index contributed by atoms with van der Waals surface area (Å²) in [6, 6.07) is 25.6. The summed E-state index contributed by atoms with van der Waals surface area (Å²) in [4.78, 5) is 39.5. The average Bonchev–Trinajstić information content (AvgIpc) is 3.78. The number of amides is 3. The maximum absolute atomic E-state index is 12.5. The Morgan fingerprint density at radius 3 is 2.00 bits per heavy atom. The van der Waals surface area contributed by atoms with E-state index in [1.807, 2.05) is 42.5 Å². The van der Waals surface area contributed by atoms with E-state index in [4.69, 9.17) is 0 Å². The molecule has 0 atom stereocenters. The summed E-state index contributed by atoms with van der Waals surface area (Å²) in [5.74, 6) is -1.13. The molecule has 64 heavy (non-hydrogen) atoms. The Kier molecular flexibility index (Phi) is 14.1. The normalized spacial score (nSPS) is 17.6. The number of hydrogen-bond donors (Lipinski definition) is 1. The molecule has 3 aliphatic heterocycles. The van der Waals surface area contributed by atoms with Gasteiger partial charge in [0.05, 0.1) is 15.5 Å². The lowest BCUT2D eigenvalue weighted by atomic mass is 9.79. The van der Waals surface area contributed by atoms with Gasteiger partial charge in [-0.1, -0.05) is 111 Å². The van der Waals surface area contributed by atoms with Gasteiger partial charge in [-0.3, -0.25) is 19.3 Å². The molecule has 4 aromatic carbocycles. The van der Waals surface area contributed by atoms with E-state index < -0.39 is 10.1 Å². The number of fused-ring (bicyclic) bond motifs is 6. The van der Waals surface area contributed by atoms with E-state index in [2.05, 4.69) is 127 Å². The van der Waals surface area contributed by atoms with Crippen molar-refractivity contribution in [2.45, 2.75) is 77.0 Å². The zero-order valence-corrected chi connectivity index (χ0v) is 38.1. The molecule has 0 spiro atoms. The number of imide groups is 1. The molecule has 0 fully saturated rings. The second-order valence-electron chi connectivity index (χ2n) is 17.7. The number of rotatable bonds is 19. The van der Waals surface area contributed by atoms with Crippen molar-refractivity contribution < 1.29 is 31.9 Å². The molecule has 0 saturated carbocycles. The summed E-state index contributed by atoms with van der Waals surface area (Å²) in [5.41, 5.74) is 6.66. The van der Waals surface area contributed by atoms with E-state index in [1.165, 1.54) is 56.2 Å². The molecular weight excluding hydrogens is 821 g/mol. The third kappa shape index (κ3) is 10.1. The minimum absolute atomic E-state index is 0.0823. The van der Waals surface area contributed by atoms with Crippen LogP contribution in [0, 0.1) is 0 Å². The van der Waals surface area contributed by atoms with Crippen LogP contribution >= 0.6 is 0 Å². The van der Waals surface area contributed by atoms with Crippen molar-refractivity contribution in [1.29, 1.82) is 0 Å². The van der Waals surface area contributed by atoms with Crippen molar-refractivity contribution in [2.24, 2.45) is 0 Å². The lowest BCUT2D eigenvalue weighted by Gasteiger charge is -2.27. The Bertz CT molecular complexity index is 2770. The molecule has 0 aliphatic carbocycles. The van der Waals surface area contributed by atoms with E-state index in [1.54, 1.807) is 0 Å². The van der Waals surface area contributed by atoms with Crippen LogP contribution in [0.5, 0.6) is 0 Å². The Balaban J connectivity index is 1.00. The van der Waals surface area contributed by atoms with E-state index in [-0.39, 0.29) is 47.4 Å². The van der Waals surface area contributed by atoms with Crippen LogP contribution in [-0.4, -0.2) is 77.8 Å². The topological polar surface area (TPSA) is 130 Å². The van der Waals surface area contributed by atoms with Gasteiger partial charge in [-0.15, -0.1) is 0 Å². The molecule has 332 valence electrons. The van der Waals surface area contributed by atoms with Gasteiger partial charge in [0.25, 0.3) is 11.8 Å². The fourth-order valence-corrected chi connectivity index (χ4v) is 10.1. The minimum Gasteiger partial charge on any atom is -0.748 e. The molecule has 3 amide bonds. The zero-order valence-electron chi connectivity index (χ0n) is 37.3. The summed E-state index contributed by atoms with van der Waals surface area (Å²) in [6.45, 7) is 10.9. The van der Waals surface area contributed by atoms with Gasteiger partial charge in [0, 0.05) is 84.9 Å². The first-order chi connectivity index (χ1) is 30.7. The summed E-state index contributed by atoms with van der Waals surface area (Å²) in [6.07, 6.45) is 24.9. The number of unbranched alkanes of at least 4 members (excludes halogenated alkanes) is 3. The second kappa shape index (κ2) is 19.7. The number of benzene rings is 4. The second-order valence-corrected chi connectivity index (χ2v) is 19.2. The predicted octanol–water partition coefficient (Wildman–Crippen LogP) is 9.20. The smallest absolute Gasteiger partial charge is 0.253 e. The van der Waals surface area contributed by atoms with Gasteiger partial charge in [0.1, 0.15) is 6.54 Å². The number of hydrogen-bond acceptors (Lipinski definition) is 7. The van der Waals surface area contributed by atoms with Crippen LogP contribution in [0.15, 0.2) is 145 Å². The lowest BCUT2D eigenvalue weighted by molar-refractivity contribution is -0.438. The van der Waals surface area contributed by atoms with Crippen molar-refractivity contribution in [2.75, 3.05) is 36.8 Å². The molecule has 0 saturated heterocycles. The van der Waals surface area contributed by atoms with Crippen LogP contribution < -0.4 is 10.2 Å². The molecule has 0 aromatic heterocycles. The summed E-state index contributed by atoms with van der Waals surface area (Å²) < 4.78 is 36.3. The quantitative estimate of drug-likeness (QED) is 0.0327. The Morgan fingerprint density at radius 1 is 0.688 bits per heavy atom. The molecule has 7 rings (SSSR count). The van der Waals surface area contributed by atoms with Gasteiger partial charge >= 0.3 is 0 Å². The van der Waals surface area contributed by atoms with Gasteiger partial charge in [0.15, 0.2) is 5.71 Å². The Labute approximate surface area is 377 Å². The van der Waals surface area contributed by atoms with Crippen molar-refractivity contribution in [3.63, 3.8) is 0 Å². The summed E-state index contributed by atoms with van der Waals surface area (Å²) >= 11 is 0. The maximum atomic E-state index is 12.5. The van der Waals surface area contributed by atoms with E-state index in [0.717, 1.165) is 42.1 Å². The molecular formula is C53H58N4O6S. The summed E-state index contributed by atoms with van der Waals surface area (Å²) in [5, 5.41) is 7.67. The first-order valence-electron chi connectivity index (χ1n) is 22.3. The van der Waals surface area contributed by atoms with Gasteiger partial charge in [0.2, 0.25) is 11.6 Å². The molecule has 0 bridgehead atoms. The molecule has 11 heteroatoms. The number of allylic oxidation sites excluding steroid dienone is 10. The molecule has 3 aliphatic rings. The van der Waals surface area contributed by atoms with Crippen LogP contribution in [0.25, 0.3) is 21.5 Å². The summed E-state index contributed by atoms with van der Waals surface area (Å²) in [7, 11) is -4.26. The largest absolute Gasteiger partial charge is 0.748 e. The SMILES string of the molecule is CC1(C)C(/C=C/C=C/C=C/C=C/C=C2/N(CCCCS(=O)(=O)[O-])c3ccc4ccccc4c3C2(C)C)=[N+](CCCCCC(=O)NCCN2C(=O)C=CC2=O)c2ccc3ccccc3c21. The molecule has 10 nitrogen and oxygen atoms in total. The molecule has 1 N–H and O–H groups in total. The van der Waals surface area contributed by atoms with Crippen molar-refractivity contribution >= 4 is 66.5 Å². The predicted molar refractivity (Wildman–Crippen MR) is 257 cm³/mol. The van der Waals surface area contributed by atoms with E-state index in [0.29, 0.717) is 25.8 Å². The van der Waals surface area contributed by atoms with Crippen LogP contribution in [0.4, 0.5) is 11.4 Å². The van der Waals surface area contributed by atoms with Crippen LogP contribution in [0.2, 0.25) is 0 Å². The number of carbonyl (C=O) groups is 3. The van der Waals surface area contributed by atoms with Crippen molar-refractivity contribution in [3.8, 4) is 0 Å². The molecule has 0 unspecified atom stereocenters. The fourth-order valence-electron chi connectivity index (χ4n) is 9.49. The third-order valence-electron chi connectivity index (χ3n) is 12.6. The maximum Gasteiger partial charge on any atom is 0.253 e. The number of nitrogens with one attached hydrogen (secondary N) is 1. The van der Waals surface area contributed by atoms with E-state index >= 15 is 0 Å². The van der Waals surface area contributed by atoms with Gasteiger partial charge in [-0.25, -0.2) is 8.42 Å². The highest BCUT2D eigenvalue weighted by atomic mass is 32.2. The highest BCUT2D eigenvalue weighted by Gasteiger charge is 2.45. The van der Waals surface area contributed by atoms with E-state index in [9.17, 15) is 27.4 Å².